The molecule has 1 aromatic carbocycles. The van der Waals surface area contributed by atoms with E-state index in [1.54, 1.807) is 18.5 Å². The lowest BCUT2D eigenvalue weighted by molar-refractivity contribution is -0.118. The third-order valence-corrected chi connectivity index (χ3v) is 5.28. The maximum atomic E-state index is 12.9. The molecule has 1 amide bonds. The second-order valence-electron chi connectivity index (χ2n) is 7.63. The van der Waals surface area contributed by atoms with E-state index < -0.39 is 0 Å². The van der Waals surface area contributed by atoms with Crippen molar-refractivity contribution in [1.82, 2.24) is 4.98 Å². The Morgan fingerprint density at radius 3 is 2.96 bits per heavy atom. The van der Waals surface area contributed by atoms with Crippen LogP contribution in [0.3, 0.4) is 0 Å². The molecule has 1 aliphatic carbocycles. The third-order valence-electron chi connectivity index (χ3n) is 5.28. The van der Waals surface area contributed by atoms with Gasteiger partial charge in [0.2, 0.25) is 5.91 Å². The number of rotatable bonds is 3. The molecule has 25 heavy (non-hydrogen) atoms. The summed E-state index contributed by atoms with van der Waals surface area (Å²) in [5.74, 6) is 0.769. The van der Waals surface area contributed by atoms with Crippen LogP contribution in [0.2, 0.25) is 0 Å². The fourth-order valence-electron chi connectivity index (χ4n) is 4.19. The lowest BCUT2D eigenvalue weighted by atomic mass is 9.80. The summed E-state index contributed by atoms with van der Waals surface area (Å²) in [4.78, 5) is 16.9. The van der Waals surface area contributed by atoms with Gasteiger partial charge in [-0.05, 0) is 38.8 Å². The molecule has 130 valence electrons. The van der Waals surface area contributed by atoms with Crippen LogP contribution in [0.1, 0.15) is 37.8 Å². The molecule has 2 aromatic rings. The second-order valence-corrected chi connectivity index (χ2v) is 7.63. The average molecular weight is 338 g/mol. The molecule has 1 spiro atoms. The fraction of sp³-hybridized carbons (Fsp3) is 0.400. The molecule has 2 aliphatic rings. The van der Waals surface area contributed by atoms with Crippen LogP contribution in [0.15, 0.2) is 42.7 Å². The number of aromatic nitrogens is 1. The van der Waals surface area contributed by atoms with Gasteiger partial charge in [-0.3, -0.25) is 9.78 Å². The fourth-order valence-corrected chi connectivity index (χ4v) is 4.19. The molecule has 0 radical (unpaired) electrons. The highest BCUT2D eigenvalue weighted by Crippen LogP contribution is 2.63. The second kappa shape index (κ2) is 5.56. The maximum absolute atomic E-state index is 12.9. The maximum Gasteiger partial charge on any atom is 0.228 e. The van der Waals surface area contributed by atoms with Gasteiger partial charge in [-0.25, -0.2) is 0 Å². The first-order valence-corrected chi connectivity index (χ1v) is 8.58. The Kier molecular flexibility index (Phi) is 3.58. The molecule has 4 rings (SSSR count). The first-order valence-electron chi connectivity index (χ1n) is 8.58. The minimum Gasteiger partial charge on any atom is -0.488 e. The lowest BCUT2D eigenvalue weighted by Crippen LogP contribution is -2.39. The molecule has 5 nitrogen and oxygen atoms in total. The number of ether oxygens (including phenoxy) is 1. The van der Waals surface area contributed by atoms with Gasteiger partial charge in [0.15, 0.2) is 0 Å². The molecule has 2 heterocycles. The van der Waals surface area contributed by atoms with Crippen molar-refractivity contribution in [1.29, 1.82) is 0 Å². The molecule has 0 unspecified atom stereocenters. The first kappa shape index (κ1) is 16.1. The number of hydrogen-bond donors (Lipinski definition) is 2. The van der Waals surface area contributed by atoms with E-state index in [4.69, 9.17) is 4.74 Å². The number of benzene rings is 1. The van der Waals surface area contributed by atoms with E-state index in [1.165, 1.54) is 0 Å². The Labute approximate surface area is 147 Å². The van der Waals surface area contributed by atoms with Crippen LogP contribution in [0.4, 0.5) is 5.69 Å². The summed E-state index contributed by atoms with van der Waals surface area (Å²) < 4.78 is 6.10. The minimum atomic E-state index is -0.298. The number of amides is 1. The average Bonchev–Trinajstić information content (AvgIpc) is 3.28. The predicted molar refractivity (Wildman–Crippen MR) is 94.3 cm³/mol. The number of pyridine rings is 1. The van der Waals surface area contributed by atoms with E-state index >= 15 is 0 Å². The normalized spacial score (nSPS) is 25.8. The molecule has 1 aromatic heterocycles. The summed E-state index contributed by atoms with van der Waals surface area (Å²) in [6.45, 7) is 4.02. The van der Waals surface area contributed by atoms with Gasteiger partial charge in [0.1, 0.15) is 11.4 Å². The number of aliphatic hydroxyl groups excluding tert-OH is 1. The van der Waals surface area contributed by atoms with E-state index in [0.717, 1.165) is 24.2 Å². The molecule has 0 saturated heterocycles. The number of carbonyl (C=O) groups is 1. The standard InChI is InChI=1S/C20H22N2O3/c1-19(2)12-20(14-5-3-4-6-17(14)25-19)9-15(20)18(24)22-16-10-21-8-7-13(16)11-23/h3-8,10,15,23H,9,11-12H2,1-2H3,(H,22,24)/t15-,20+/m1/s1. The van der Waals surface area contributed by atoms with Crippen molar-refractivity contribution in [2.24, 2.45) is 5.92 Å². The van der Waals surface area contributed by atoms with Gasteiger partial charge in [0.25, 0.3) is 0 Å². The Hall–Kier alpha value is -2.40. The number of carbonyl (C=O) groups excluding carboxylic acids is 1. The lowest BCUT2D eigenvalue weighted by Gasteiger charge is -2.38. The number of hydrogen-bond acceptors (Lipinski definition) is 4. The molecular formula is C20H22N2O3. The smallest absolute Gasteiger partial charge is 0.228 e. The van der Waals surface area contributed by atoms with Gasteiger partial charge in [-0.1, -0.05) is 18.2 Å². The number of anilines is 1. The molecule has 1 aliphatic heterocycles. The van der Waals surface area contributed by atoms with E-state index in [9.17, 15) is 9.90 Å². The summed E-state index contributed by atoms with van der Waals surface area (Å²) in [6.07, 6.45) is 4.82. The minimum absolute atomic E-state index is 0.0183. The van der Waals surface area contributed by atoms with Crippen molar-refractivity contribution in [2.45, 2.75) is 44.3 Å². The third kappa shape index (κ3) is 2.68. The van der Waals surface area contributed by atoms with E-state index in [2.05, 4.69) is 30.2 Å². The summed E-state index contributed by atoms with van der Waals surface area (Å²) in [5, 5.41) is 12.4. The molecule has 1 fully saturated rings. The van der Waals surface area contributed by atoms with Crippen molar-refractivity contribution >= 4 is 11.6 Å². The molecule has 2 atom stereocenters. The van der Waals surface area contributed by atoms with Gasteiger partial charge >= 0.3 is 0 Å². The monoisotopic (exact) mass is 338 g/mol. The Morgan fingerprint density at radius 1 is 1.36 bits per heavy atom. The Bertz CT molecular complexity index is 833. The largest absolute Gasteiger partial charge is 0.488 e. The number of aliphatic hydroxyl groups is 1. The first-order chi connectivity index (χ1) is 12.0. The van der Waals surface area contributed by atoms with Crippen molar-refractivity contribution in [2.75, 3.05) is 5.32 Å². The van der Waals surface area contributed by atoms with Gasteiger partial charge in [-0.15, -0.1) is 0 Å². The highest BCUT2D eigenvalue weighted by molar-refractivity contribution is 5.96. The van der Waals surface area contributed by atoms with Crippen molar-refractivity contribution in [3.63, 3.8) is 0 Å². The highest BCUT2D eigenvalue weighted by Gasteiger charge is 2.63. The van der Waals surface area contributed by atoms with Crippen LogP contribution in [0.5, 0.6) is 5.75 Å². The van der Waals surface area contributed by atoms with Gasteiger partial charge < -0.3 is 15.2 Å². The summed E-state index contributed by atoms with van der Waals surface area (Å²) in [5.41, 5.74) is 1.92. The van der Waals surface area contributed by atoms with E-state index in [1.807, 2.05) is 18.2 Å². The van der Waals surface area contributed by atoms with Crippen molar-refractivity contribution in [3.05, 3.63) is 53.9 Å². The van der Waals surface area contributed by atoms with Crippen molar-refractivity contribution in [3.8, 4) is 5.75 Å². The zero-order valence-electron chi connectivity index (χ0n) is 14.5. The van der Waals surface area contributed by atoms with E-state index in [-0.39, 0.29) is 29.4 Å². The highest BCUT2D eigenvalue weighted by atomic mass is 16.5. The summed E-state index contributed by atoms with van der Waals surface area (Å²) in [6, 6.07) is 9.73. The van der Waals surface area contributed by atoms with Crippen LogP contribution in [-0.4, -0.2) is 21.6 Å². The predicted octanol–water partition coefficient (Wildman–Crippen LogP) is 3.03. The number of nitrogens with one attached hydrogen (secondary N) is 1. The van der Waals surface area contributed by atoms with E-state index in [0.29, 0.717) is 11.3 Å². The van der Waals surface area contributed by atoms with Gasteiger partial charge in [-0.2, -0.15) is 0 Å². The van der Waals surface area contributed by atoms with Crippen LogP contribution < -0.4 is 10.1 Å². The topological polar surface area (TPSA) is 71.5 Å². The zero-order chi connectivity index (χ0) is 17.7. The quantitative estimate of drug-likeness (QED) is 0.902. The molecule has 2 N–H and O–H groups in total. The van der Waals surface area contributed by atoms with Gasteiger partial charge in [0.05, 0.1) is 18.5 Å². The molecule has 5 heteroatoms. The summed E-state index contributed by atoms with van der Waals surface area (Å²) >= 11 is 0. The van der Waals surface area contributed by atoms with Crippen LogP contribution in [0, 0.1) is 5.92 Å². The molecular weight excluding hydrogens is 316 g/mol. The number of fused-ring (bicyclic) bond motifs is 2. The van der Waals surface area contributed by atoms with Crippen LogP contribution >= 0.6 is 0 Å². The van der Waals surface area contributed by atoms with Crippen LogP contribution in [0.25, 0.3) is 0 Å². The summed E-state index contributed by atoms with van der Waals surface area (Å²) in [7, 11) is 0. The molecule has 1 saturated carbocycles. The van der Waals surface area contributed by atoms with Crippen LogP contribution in [-0.2, 0) is 16.8 Å². The SMILES string of the molecule is CC1(C)C[C@@]2(C[C@@H]2C(=O)Nc2cnccc2CO)c2ccccc2O1. The van der Waals surface area contributed by atoms with Gasteiger partial charge in [0, 0.05) is 28.7 Å². The Morgan fingerprint density at radius 2 is 2.16 bits per heavy atom. The number of nitrogens with zero attached hydrogens (tertiary/aromatic N) is 1. The number of para-hydroxylation sites is 1. The molecule has 0 bridgehead atoms. The zero-order valence-corrected chi connectivity index (χ0v) is 14.5. The van der Waals surface area contributed by atoms with Crippen molar-refractivity contribution < 1.29 is 14.6 Å². The Balaban J connectivity index is 1.61.